The van der Waals surface area contributed by atoms with Gasteiger partial charge in [-0.25, -0.2) is 0 Å². The lowest BCUT2D eigenvalue weighted by Gasteiger charge is -2.31. The van der Waals surface area contributed by atoms with Crippen molar-refractivity contribution in [1.82, 2.24) is 15.4 Å². The average Bonchev–Trinajstić information content (AvgIpc) is 2.79. The highest BCUT2D eigenvalue weighted by Crippen LogP contribution is 2.19. The van der Waals surface area contributed by atoms with Gasteiger partial charge in [-0.3, -0.25) is 4.79 Å². The van der Waals surface area contributed by atoms with Crippen LogP contribution in [0.25, 0.3) is 0 Å². The van der Waals surface area contributed by atoms with Gasteiger partial charge < -0.3 is 14.7 Å². The minimum Gasteiger partial charge on any atom is -0.360 e. The van der Waals surface area contributed by atoms with Crippen molar-refractivity contribution in [3.8, 4) is 0 Å². The van der Waals surface area contributed by atoms with Crippen molar-refractivity contribution < 1.29 is 9.32 Å². The van der Waals surface area contributed by atoms with Crippen molar-refractivity contribution in [1.29, 1.82) is 0 Å². The molecule has 1 fully saturated rings. The van der Waals surface area contributed by atoms with Crippen LogP contribution in [0.1, 0.15) is 41.6 Å². The van der Waals surface area contributed by atoms with E-state index in [2.05, 4.69) is 10.5 Å². The van der Waals surface area contributed by atoms with E-state index in [4.69, 9.17) is 4.52 Å². The normalized spacial score (nSPS) is 17.2. The van der Waals surface area contributed by atoms with Crippen LogP contribution in [-0.2, 0) is 6.42 Å². The molecule has 2 rings (SSSR count). The Bertz CT molecular complexity index is 420. The first-order valence-corrected chi connectivity index (χ1v) is 6.59. The summed E-state index contributed by atoms with van der Waals surface area (Å²) in [7, 11) is 1.97. The summed E-state index contributed by atoms with van der Waals surface area (Å²) in [6.45, 7) is 5.41. The van der Waals surface area contributed by atoms with E-state index in [1.807, 2.05) is 25.8 Å². The van der Waals surface area contributed by atoms with Gasteiger partial charge in [0, 0.05) is 25.6 Å². The third-order valence-electron chi connectivity index (χ3n) is 3.66. The first kappa shape index (κ1) is 13.1. The summed E-state index contributed by atoms with van der Waals surface area (Å²) in [6.07, 6.45) is 2.72. The first-order chi connectivity index (χ1) is 8.67. The van der Waals surface area contributed by atoms with Gasteiger partial charge in [0.05, 0.1) is 5.69 Å². The predicted octanol–water partition coefficient (Wildman–Crippen LogP) is 1.37. The molecule has 5 heteroatoms. The summed E-state index contributed by atoms with van der Waals surface area (Å²) >= 11 is 0. The van der Waals surface area contributed by atoms with Crippen molar-refractivity contribution in [2.45, 2.75) is 39.2 Å². The quantitative estimate of drug-likeness (QED) is 0.881. The van der Waals surface area contributed by atoms with Crippen LogP contribution in [0.15, 0.2) is 4.52 Å². The highest BCUT2D eigenvalue weighted by atomic mass is 16.5. The molecule has 0 aromatic carbocycles. The maximum absolute atomic E-state index is 12.5. The zero-order valence-corrected chi connectivity index (χ0v) is 11.3. The number of hydrogen-bond acceptors (Lipinski definition) is 4. The van der Waals surface area contributed by atoms with E-state index in [0.717, 1.165) is 25.9 Å². The van der Waals surface area contributed by atoms with Gasteiger partial charge in [0.25, 0.3) is 5.91 Å². The van der Waals surface area contributed by atoms with Crippen molar-refractivity contribution in [3.63, 3.8) is 0 Å². The number of hydrogen-bond donors (Lipinski definition) is 1. The molecule has 0 bridgehead atoms. The summed E-state index contributed by atoms with van der Waals surface area (Å²) < 4.78 is 5.19. The third-order valence-corrected chi connectivity index (χ3v) is 3.66. The lowest BCUT2D eigenvalue weighted by molar-refractivity contribution is 0.0704. The van der Waals surface area contributed by atoms with Crippen LogP contribution in [-0.4, -0.2) is 42.1 Å². The number of nitrogens with one attached hydrogen (secondary N) is 1. The topological polar surface area (TPSA) is 58.4 Å². The van der Waals surface area contributed by atoms with E-state index in [0.29, 0.717) is 29.5 Å². The van der Waals surface area contributed by atoms with E-state index in [-0.39, 0.29) is 5.91 Å². The lowest BCUT2D eigenvalue weighted by Crippen LogP contribution is -2.44. The van der Waals surface area contributed by atoms with Gasteiger partial charge >= 0.3 is 0 Å². The van der Waals surface area contributed by atoms with E-state index < -0.39 is 0 Å². The molecule has 0 spiro atoms. The van der Waals surface area contributed by atoms with Crippen molar-refractivity contribution >= 4 is 5.91 Å². The summed E-state index contributed by atoms with van der Waals surface area (Å²) in [5.41, 5.74) is 1.37. The highest BCUT2D eigenvalue weighted by molar-refractivity contribution is 5.96. The van der Waals surface area contributed by atoms with Crippen LogP contribution in [0.4, 0.5) is 0 Å². The summed E-state index contributed by atoms with van der Waals surface area (Å²) in [5.74, 6) is 0.772. The standard InChI is InChI=1S/C13H21N3O2/c1-4-11-12(9(2)15-18-11)13(17)16-7-5-10(14-3)6-8-16/h10,14H,4-8H2,1-3H3. The predicted molar refractivity (Wildman–Crippen MR) is 68.6 cm³/mol. The Morgan fingerprint density at radius 1 is 1.50 bits per heavy atom. The Labute approximate surface area is 108 Å². The third kappa shape index (κ3) is 2.41. The van der Waals surface area contributed by atoms with Gasteiger partial charge in [0.2, 0.25) is 0 Å². The lowest BCUT2D eigenvalue weighted by atomic mass is 10.0. The zero-order chi connectivity index (χ0) is 13.1. The van der Waals surface area contributed by atoms with Gasteiger partial charge in [-0.15, -0.1) is 0 Å². The molecule has 1 saturated heterocycles. The molecule has 0 radical (unpaired) electrons. The molecule has 100 valence electrons. The Hall–Kier alpha value is -1.36. The maximum Gasteiger partial charge on any atom is 0.259 e. The second-order valence-corrected chi connectivity index (χ2v) is 4.77. The smallest absolute Gasteiger partial charge is 0.259 e. The number of carbonyl (C=O) groups excluding carboxylic acids is 1. The molecule has 0 aliphatic carbocycles. The Balaban J connectivity index is 2.10. The molecule has 1 N–H and O–H groups in total. The largest absolute Gasteiger partial charge is 0.360 e. The fourth-order valence-electron chi connectivity index (χ4n) is 2.46. The van der Waals surface area contributed by atoms with Crippen LogP contribution in [0, 0.1) is 6.92 Å². The van der Waals surface area contributed by atoms with Gasteiger partial charge in [-0.05, 0) is 26.8 Å². The molecular formula is C13H21N3O2. The molecule has 5 nitrogen and oxygen atoms in total. The van der Waals surface area contributed by atoms with Gasteiger partial charge in [-0.1, -0.05) is 12.1 Å². The number of aryl methyl sites for hydroxylation is 2. The SMILES string of the molecule is CCc1onc(C)c1C(=O)N1CCC(NC)CC1. The maximum atomic E-state index is 12.5. The van der Waals surface area contributed by atoms with Crippen molar-refractivity contribution in [3.05, 3.63) is 17.0 Å². The number of likely N-dealkylation sites (tertiary alicyclic amines) is 1. The van der Waals surface area contributed by atoms with E-state index in [1.54, 1.807) is 0 Å². The number of amides is 1. The van der Waals surface area contributed by atoms with Crippen molar-refractivity contribution in [2.24, 2.45) is 0 Å². The summed E-state index contributed by atoms with van der Waals surface area (Å²) in [6, 6.07) is 0.531. The second-order valence-electron chi connectivity index (χ2n) is 4.77. The number of nitrogens with zero attached hydrogens (tertiary/aromatic N) is 2. The van der Waals surface area contributed by atoms with Gasteiger partial charge in [0.1, 0.15) is 11.3 Å². The molecule has 1 aromatic rings. The molecule has 2 heterocycles. The molecule has 0 unspecified atom stereocenters. The van der Waals surface area contributed by atoms with E-state index in [9.17, 15) is 4.79 Å². The van der Waals surface area contributed by atoms with E-state index in [1.165, 1.54) is 0 Å². The Kier molecular flexibility index (Phi) is 4.01. The summed E-state index contributed by atoms with van der Waals surface area (Å²) in [5, 5.41) is 7.16. The van der Waals surface area contributed by atoms with Crippen LogP contribution in [0.2, 0.25) is 0 Å². The number of carbonyl (C=O) groups is 1. The van der Waals surface area contributed by atoms with Crippen LogP contribution >= 0.6 is 0 Å². The first-order valence-electron chi connectivity index (χ1n) is 6.59. The molecule has 0 saturated carbocycles. The highest BCUT2D eigenvalue weighted by Gasteiger charge is 2.27. The van der Waals surface area contributed by atoms with Crippen LogP contribution in [0.5, 0.6) is 0 Å². The van der Waals surface area contributed by atoms with Gasteiger partial charge in [-0.2, -0.15) is 0 Å². The Morgan fingerprint density at radius 2 is 2.17 bits per heavy atom. The van der Waals surface area contributed by atoms with Crippen LogP contribution < -0.4 is 5.32 Å². The minimum atomic E-state index is 0.0696. The molecule has 1 amide bonds. The number of aromatic nitrogens is 1. The Morgan fingerprint density at radius 3 is 2.72 bits per heavy atom. The molecule has 18 heavy (non-hydrogen) atoms. The second kappa shape index (κ2) is 5.52. The molecule has 1 aliphatic rings. The average molecular weight is 251 g/mol. The number of piperidine rings is 1. The van der Waals surface area contributed by atoms with Crippen LogP contribution in [0.3, 0.4) is 0 Å². The fourth-order valence-corrected chi connectivity index (χ4v) is 2.46. The molecule has 0 atom stereocenters. The number of rotatable bonds is 3. The van der Waals surface area contributed by atoms with Crippen molar-refractivity contribution in [2.75, 3.05) is 20.1 Å². The fraction of sp³-hybridized carbons (Fsp3) is 0.692. The molecule has 1 aliphatic heterocycles. The molecule has 1 aromatic heterocycles. The van der Waals surface area contributed by atoms with Gasteiger partial charge in [0.15, 0.2) is 0 Å². The monoisotopic (exact) mass is 251 g/mol. The minimum absolute atomic E-state index is 0.0696. The molecular weight excluding hydrogens is 230 g/mol. The zero-order valence-electron chi connectivity index (χ0n) is 11.3. The summed E-state index contributed by atoms with van der Waals surface area (Å²) in [4.78, 5) is 14.4. The van der Waals surface area contributed by atoms with E-state index >= 15 is 0 Å².